The van der Waals surface area contributed by atoms with Gasteiger partial charge in [-0.15, -0.1) is 0 Å². The van der Waals surface area contributed by atoms with Crippen LogP contribution in [0, 0.1) is 5.41 Å². The Labute approximate surface area is 188 Å². The molecule has 0 amide bonds. The molecule has 32 heavy (non-hydrogen) atoms. The lowest BCUT2D eigenvalue weighted by Gasteiger charge is -2.44. The number of carbonyl (C=O) groups excluding carboxylic acids is 2. The lowest BCUT2D eigenvalue weighted by Crippen LogP contribution is -2.51. The maximum atomic E-state index is 14.2. The zero-order chi connectivity index (χ0) is 22.5. The molecule has 0 saturated heterocycles. The Morgan fingerprint density at radius 3 is 2.09 bits per heavy atom. The maximum Gasteiger partial charge on any atom is 0.321 e. The van der Waals surface area contributed by atoms with Gasteiger partial charge >= 0.3 is 5.97 Å². The summed E-state index contributed by atoms with van der Waals surface area (Å²) in [7, 11) is 0. The van der Waals surface area contributed by atoms with Gasteiger partial charge in [0.25, 0.3) is 0 Å². The molecule has 1 unspecified atom stereocenters. The molecule has 3 aromatic rings. The van der Waals surface area contributed by atoms with Gasteiger partial charge in [-0.1, -0.05) is 60.7 Å². The molecule has 162 valence electrons. The Morgan fingerprint density at radius 2 is 1.47 bits per heavy atom. The summed E-state index contributed by atoms with van der Waals surface area (Å²) in [6.45, 7) is 5.52. The Bertz CT molecular complexity index is 1170. The standard InChI is InChI=1S/C28H26O4/c1-27(2,3)32-26(30)28(17-16-18-10-4-5-11-19(18)25(28)29)24-20-12-6-8-14-22(20)31-23-15-9-7-13-21(23)24/h4-15,24H,16-17H2,1-3H3. The number of benzene rings is 3. The van der Waals surface area contributed by atoms with E-state index in [0.717, 1.165) is 16.7 Å². The quantitative estimate of drug-likeness (QED) is 0.368. The van der Waals surface area contributed by atoms with E-state index < -0.39 is 22.9 Å². The summed E-state index contributed by atoms with van der Waals surface area (Å²) in [5, 5.41) is 0. The number of rotatable bonds is 2. The Balaban J connectivity index is 1.78. The molecular formula is C28H26O4. The minimum atomic E-state index is -1.38. The van der Waals surface area contributed by atoms with Gasteiger partial charge in [0.05, 0.1) is 0 Å². The van der Waals surface area contributed by atoms with E-state index in [0.29, 0.717) is 29.9 Å². The summed E-state index contributed by atoms with van der Waals surface area (Å²) in [6.07, 6.45) is 1.01. The first-order valence-corrected chi connectivity index (χ1v) is 11.0. The molecule has 3 aromatic carbocycles. The topological polar surface area (TPSA) is 52.6 Å². The third-order valence-corrected chi connectivity index (χ3v) is 6.39. The minimum absolute atomic E-state index is 0.176. The number of para-hydroxylation sites is 2. The average molecular weight is 427 g/mol. The second-order valence-corrected chi connectivity index (χ2v) is 9.57. The molecule has 2 aliphatic rings. The van der Waals surface area contributed by atoms with E-state index in [9.17, 15) is 9.59 Å². The molecule has 0 radical (unpaired) electrons. The molecule has 0 spiro atoms. The molecule has 0 fully saturated rings. The second kappa shape index (κ2) is 7.33. The molecule has 0 N–H and O–H groups in total. The van der Waals surface area contributed by atoms with E-state index in [2.05, 4.69) is 0 Å². The number of carbonyl (C=O) groups is 2. The van der Waals surface area contributed by atoms with Gasteiger partial charge in [0, 0.05) is 22.6 Å². The van der Waals surface area contributed by atoms with Crippen LogP contribution in [0.2, 0.25) is 0 Å². The van der Waals surface area contributed by atoms with Crippen molar-refractivity contribution < 1.29 is 19.1 Å². The van der Waals surface area contributed by atoms with E-state index >= 15 is 0 Å². The maximum absolute atomic E-state index is 14.2. The van der Waals surface area contributed by atoms with Gasteiger partial charge in [-0.2, -0.15) is 0 Å². The van der Waals surface area contributed by atoms with E-state index in [-0.39, 0.29) is 5.78 Å². The van der Waals surface area contributed by atoms with Crippen LogP contribution in [-0.4, -0.2) is 17.4 Å². The first-order valence-electron chi connectivity index (χ1n) is 11.0. The molecule has 0 aromatic heterocycles. The molecular weight excluding hydrogens is 400 g/mol. The van der Waals surface area contributed by atoms with Crippen LogP contribution in [0.1, 0.15) is 60.2 Å². The van der Waals surface area contributed by atoms with Crippen molar-refractivity contribution in [1.82, 2.24) is 0 Å². The number of hydrogen-bond acceptors (Lipinski definition) is 4. The van der Waals surface area contributed by atoms with Crippen molar-refractivity contribution in [1.29, 1.82) is 0 Å². The zero-order valence-electron chi connectivity index (χ0n) is 18.6. The molecule has 1 heterocycles. The van der Waals surface area contributed by atoms with Gasteiger partial charge in [0.1, 0.15) is 22.5 Å². The highest BCUT2D eigenvalue weighted by atomic mass is 16.6. The van der Waals surface area contributed by atoms with Gasteiger partial charge in [0.15, 0.2) is 5.78 Å². The monoisotopic (exact) mass is 426 g/mol. The molecule has 5 rings (SSSR count). The summed E-state index contributed by atoms with van der Waals surface area (Å²) in [5.41, 5.74) is 1.16. The van der Waals surface area contributed by atoms with Crippen molar-refractivity contribution in [3.8, 4) is 11.5 Å². The smallest absolute Gasteiger partial charge is 0.321 e. The van der Waals surface area contributed by atoms with Crippen LogP contribution < -0.4 is 4.74 Å². The van der Waals surface area contributed by atoms with Crippen molar-refractivity contribution in [2.45, 2.75) is 45.1 Å². The lowest BCUT2D eigenvalue weighted by molar-refractivity contribution is -0.165. The first kappa shape index (κ1) is 20.5. The highest BCUT2D eigenvalue weighted by Gasteiger charge is 2.58. The normalized spacial score (nSPS) is 19.9. The predicted octanol–water partition coefficient (Wildman–Crippen LogP) is 6.08. The van der Waals surface area contributed by atoms with Crippen LogP contribution in [0.3, 0.4) is 0 Å². The highest BCUT2D eigenvalue weighted by Crippen LogP contribution is 2.56. The second-order valence-electron chi connectivity index (χ2n) is 9.57. The third-order valence-electron chi connectivity index (χ3n) is 6.39. The molecule has 1 atom stereocenters. The van der Waals surface area contributed by atoms with Crippen LogP contribution in [0.15, 0.2) is 72.8 Å². The summed E-state index contributed by atoms with van der Waals surface area (Å²) in [4.78, 5) is 28.2. The first-order chi connectivity index (χ1) is 15.3. The zero-order valence-corrected chi connectivity index (χ0v) is 18.6. The van der Waals surface area contributed by atoms with Crippen LogP contribution >= 0.6 is 0 Å². The summed E-state index contributed by atoms with van der Waals surface area (Å²) < 4.78 is 12.1. The van der Waals surface area contributed by atoms with Gasteiger partial charge in [-0.05, 0) is 51.3 Å². The van der Waals surface area contributed by atoms with E-state index in [1.165, 1.54) is 0 Å². The van der Waals surface area contributed by atoms with Crippen LogP contribution in [0.5, 0.6) is 11.5 Å². The molecule has 4 nitrogen and oxygen atoms in total. The number of ether oxygens (including phenoxy) is 2. The van der Waals surface area contributed by atoms with Gasteiger partial charge in [-0.3, -0.25) is 9.59 Å². The van der Waals surface area contributed by atoms with Gasteiger partial charge < -0.3 is 9.47 Å². The van der Waals surface area contributed by atoms with Crippen LogP contribution in [-0.2, 0) is 16.0 Å². The average Bonchev–Trinajstić information content (AvgIpc) is 2.77. The minimum Gasteiger partial charge on any atom is -0.459 e. The number of aryl methyl sites for hydroxylation is 1. The number of ketones is 1. The van der Waals surface area contributed by atoms with Crippen LogP contribution in [0.4, 0.5) is 0 Å². The highest BCUT2D eigenvalue weighted by molar-refractivity contribution is 6.15. The Kier molecular flexibility index (Phi) is 4.70. The van der Waals surface area contributed by atoms with Gasteiger partial charge in [0.2, 0.25) is 0 Å². The molecule has 4 heteroatoms. The molecule has 0 bridgehead atoms. The fourth-order valence-corrected chi connectivity index (χ4v) is 5.04. The van der Waals surface area contributed by atoms with E-state index in [1.54, 1.807) is 0 Å². The molecule has 1 aliphatic carbocycles. The summed E-state index contributed by atoms with van der Waals surface area (Å²) in [5.74, 6) is 0.196. The third kappa shape index (κ3) is 3.13. The van der Waals surface area contributed by atoms with Crippen molar-refractivity contribution in [2.75, 3.05) is 0 Å². The Hall–Kier alpha value is -3.40. The summed E-state index contributed by atoms with van der Waals surface area (Å²) >= 11 is 0. The largest absolute Gasteiger partial charge is 0.459 e. The van der Waals surface area contributed by atoms with E-state index in [1.807, 2.05) is 93.6 Å². The van der Waals surface area contributed by atoms with Crippen molar-refractivity contribution >= 4 is 11.8 Å². The number of fused-ring (bicyclic) bond motifs is 3. The van der Waals surface area contributed by atoms with Gasteiger partial charge in [-0.25, -0.2) is 0 Å². The number of esters is 1. The number of hydrogen-bond donors (Lipinski definition) is 0. The van der Waals surface area contributed by atoms with Crippen molar-refractivity contribution in [3.05, 3.63) is 95.1 Å². The molecule has 0 saturated carbocycles. The Morgan fingerprint density at radius 1 is 0.906 bits per heavy atom. The van der Waals surface area contributed by atoms with Crippen molar-refractivity contribution in [2.24, 2.45) is 5.41 Å². The fraction of sp³-hybridized carbons (Fsp3) is 0.286. The summed E-state index contributed by atoms with van der Waals surface area (Å²) in [6, 6.07) is 22.9. The lowest BCUT2D eigenvalue weighted by atomic mass is 9.59. The van der Waals surface area contributed by atoms with E-state index in [4.69, 9.17) is 9.47 Å². The van der Waals surface area contributed by atoms with Crippen LogP contribution in [0.25, 0.3) is 0 Å². The van der Waals surface area contributed by atoms with Crippen molar-refractivity contribution in [3.63, 3.8) is 0 Å². The number of Topliss-reactive ketones (excluding diaryl/α,β-unsaturated/α-hetero) is 1. The SMILES string of the molecule is CC(C)(C)OC(=O)C1(C2c3ccccc3Oc3ccccc32)CCc2ccccc2C1=O. The fourth-order valence-electron chi connectivity index (χ4n) is 5.04. The molecule has 1 aliphatic heterocycles. The predicted molar refractivity (Wildman–Crippen MR) is 122 cm³/mol.